The van der Waals surface area contributed by atoms with Crippen LogP contribution in [0.25, 0.3) is 10.4 Å². The van der Waals surface area contributed by atoms with Gasteiger partial charge in [-0.3, -0.25) is 0 Å². The lowest BCUT2D eigenvalue weighted by atomic mass is 10.2. The molecule has 0 bridgehead atoms. The van der Waals surface area contributed by atoms with Gasteiger partial charge in [-0.25, -0.2) is 0 Å². The Kier molecular flexibility index (Phi) is 3.20. The fraction of sp³-hybridized carbons (Fsp3) is 0. The van der Waals surface area contributed by atoms with Gasteiger partial charge in [0.2, 0.25) is 0 Å². The van der Waals surface area contributed by atoms with E-state index < -0.39 is 0 Å². The van der Waals surface area contributed by atoms with Gasteiger partial charge in [0, 0.05) is 19.9 Å². The zero-order chi connectivity index (χ0) is 11.7. The van der Waals surface area contributed by atoms with Gasteiger partial charge in [0.1, 0.15) is 10.9 Å². The molecular weight excluding hydrogens is 308 g/mol. The number of nitriles is 1. The molecule has 0 fully saturated rings. The molecule has 0 aliphatic heterocycles. The van der Waals surface area contributed by atoms with E-state index >= 15 is 0 Å². The van der Waals surface area contributed by atoms with Crippen LogP contribution in [-0.2, 0) is 0 Å². The molecule has 0 spiro atoms. The number of benzene rings is 1. The summed E-state index contributed by atoms with van der Waals surface area (Å²) >= 11 is 10.8. The second-order valence-corrected chi connectivity index (χ2v) is 5.51. The quantitative estimate of drug-likeness (QED) is 0.854. The van der Waals surface area contributed by atoms with Crippen molar-refractivity contribution in [1.29, 1.82) is 5.26 Å². The minimum absolute atomic E-state index is 0.499. The number of hydrogen-bond donors (Lipinski definition) is 1. The van der Waals surface area contributed by atoms with Crippen LogP contribution in [0.3, 0.4) is 0 Å². The molecule has 0 aliphatic rings. The number of halogens is 2. The van der Waals surface area contributed by atoms with Gasteiger partial charge in [-0.05, 0) is 24.3 Å². The van der Waals surface area contributed by atoms with E-state index in [1.54, 1.807) is 6.07 Å². The Morgan fingerprint density at radius 3 is 2.75 bits per heavy atom. The third-order valence-corrected chi connectivity index (χ3v) is 3.97. The average molecular weight is 314 g/mol. The van der Waals surface area contributed by atoms with E-state index in [-0.39, 0.29) is 0 Å². The minimum Gasteiger partial charge on any atom is -0.397 e. The topological polar surface area (TPSA) is 49.8 Å². The van der Waals surface area contributed by atoms with Crippen LogP contribution >= 0.6 is 38.9 Å². The maximum atomic E-state index is 8.84. The summed E-state index contributed by atoms with van der Waals surface area (Å²) in [5.41, 5.74) is 7.09. The van der Waals surface area contributed by atoms with Crippen molar-refractivity contribution in [1.82, 2.24) is 0 Å². The Morgan fingerprint density at radius 2 is 2.12 bits per heavy atom. The maximum absolute atomic E-state index is 8.84. The fourth-order valence-electron chi connectivity index (χ4n) is 1.31. The van der Waals surface area contributed by atoms with Crippen molar-refractivity contribution < 1.29 is 0 Å². The van der Waals surface area contributed by atoms with Crippen LogP contribution in [0.15, 0.2) is 28.7 Å². The van der Waals surface area contributed by atoms with Crippen molar-refractivity contribution in [2.45, 2.75) is 0 Å². The summed E-state index contributed by atoms with van der Waals surface area (Å²) in [5.74, 6) is 0. The summed E-state index contributed by atoms with van der Waals surface area (Å²) in [4.78, 5) is 1.42. The molecule has 80 valence electrons. The zero-order valence-electron chi connectivity index (χ0n) is 8.00. The highest BCUT2D eigenvalue weighted by atomic mass is 79.9. The summed E-state index contributed by atoms with van der Waals surface area (Å²) in [7, 11) is 0. The number of nitrogens with zero attached hydrogens (tertiary/aromatic N) is 1. The molecule has 1 aromatic carbocycles. The summed E-state index contributed by atoms with van der Waals surface area (Å²) in [6, 6.07) is 9.42. The van der Waals surface area contributed by atoms with Gasteiger partial charge in [0.05, 0.1) is 5.69 Å². The van der Waals surface area contributed by atoms with Crippen LogP contribution in [0.2, 0.25) is 5.02 Å². The molecule has 1 heterocycles. The highest BCUT2D eigenvalue weighted by Crippen LogP contribution is 2.37. The normalized spacial score (nSPS) is 10.1. The lowest BCUT2D eigenvalue weighted by molar-refractivity contribution is 1.52. The van der Waals surface area contributed by atoms with Gasteiger partial charge in [-0.15, -0.1) is 11.3 Å². The number of hydrogen-bond acceptors (Lipinski definition) is 3. The predicted molar refractivity (Wildman–Crippen MR) is 71.6 cm³/mol. The Bertz CT molecular complexity index is 586. The molecule has 0 saturated heterocycles. The van der Waals surface area contributed by atoms with E-state index in [1.165, 1.54) is 11.3 Å². The molecule has 0 aliphatic carbocycles. The number of anilines is 1. The summed E-state index contributed by atoms with van der Waals surface area (Å²) in [6.07, 6.45) is 0. The molecule has 2 aromatic rings. The molecule has 0 atom stereocenters. The van der Waals surface area contributed by atoms with E-state index in [0.29, 0.717) is 15.6 Å². The second kappa shape index (κ2) is 4.46. The smallest absolute Gasteiger partial charge is 0.128 e. The number of nitrogen functional groups attached to an aromatic ring is 1. The van der Waals surface area contributed by atoms with Crippen molar-refractivity contribution in [3.8, 4) is 16.5 Å². The first-order valence-electron chi connectivity index (χ1n) is 4.36. The van der Waals surface area contributed by atoms with Crippen molar-refractivity contribution >= 4 is 44.6 Å². The van der Waals surface area contributed by atoms with Crippen LogP contribution < -0.4 is 5.73 Å². The molecule has 5 heteroatoms. The van der Waals surface area contributed by atoms with Crippen LogP contribution in [0, 0.1) is 11.3 Å². The molecule has 2 nitrogen and oxygen atoms in total. The third-order valence-electron chi connectivity index (χ3n) is 2.06. The summed E-state index contributed by atoms with van der Waals surface area (Å²) < 4.78 is 0.942. The third kappa shape index (κ3) is 2.07. The first kappa shape index (κ1) is 11.5. The minimum atomic E-state index is 0.499. The number of thiophene rings is 1. The van der Waals surface area contributed by atoms with Crippen LogP contribution in [0.5, 0.6) is 0 Å². The van der Waals surface area contributed by atoms with Crippen molar-refractivity contribution in [2.75, 3.05) is 5.73 Å². The monoisotopic (exact) mass is 312 g/mol. The molecular formula is C11H6BrClN2S. The van der Waals surface area contributed by atoms with Crippen molar-refractivity contribution in [3.05, 3.63) is 38.6 Å². The standard InChI is InChI=1S/C11H6BrClN2S/c12-6-1-2-8(13)7(3-6)10-4-9(15)11(5-14)16-10/h1-4H,15H2. The molecule has 0 radical (unpaired) electrons. The van der Waals surface area contributed by atoms with E-state index in [2.05, 4.69) is 22.0 Å². The number of rotatable bonds is 1. The van der Waals surface area contributed by atoms with Gasteiger partial charge < -0.3 is 5.73 Å². The summed E-state index contributed by atoms with van der Waals surface area (Å²) in [5, 5.41) is 9.49. The average Bonchev–Trinajstić information content (AvgIpc) is 2.63. The van der Waals surface area contributed by atoms with Gasteiger partial charge in [-0.1, -0.05) is 27.5 Å². The molecule has 2 N–H and O–H groups in total. The molecule has 0 amide bonds. The van der Waals surface area contributed by atoms with E-state index in [1.807, 2.05) is 18.2 Å². The zero-order valence-corrected chi connectivity index (χ0v) is 11.2. The first-order valence-corrected chi connectivity index (χ1v) is 6.35. The Hall–Kier alpha value is -1.02. The Labute approximate surface area is 110 Å². The van der Waals surface area contributed by atoms with E-state index in [0.717, 1.165) is 14.9 Å². The molecule has 2 rings (SSSR count). The SMILES string of the molecule is N#Cc1sc(-c2cc(Br)ccc2Cl)cc1N. The van der Waals surface area contributed by atoms with Gasteiger partial charge >= 0.3 is 0 Å². The highest BCUT2D eigenvalue weighted by molar-refractivity contribution is 9.10. The second-order valence-electron chi connectivity index (χ2n) is 3.13. The Balaban J connectivity index is 2.59. The lowest BCUT2D eigenvalue weighted by Crippen LogP contribution is -1.81. The summed E-state index contributed by atoms with van der Waals surface area (Å²) in [6.45, 7) is 0. The Morgan fingerprint density at radius 1 is 1.38 bits per heavy atom. The van der Waals surface area contributed by atoms with Crippen molar-refractivity contribution in [3.63, 3.8) is 0 Å². The van der Waals surface area contributed by atoms with Gasteiger partial charge in [0.25, 0.3) is 0 Å². The van der Waals surface area contributed by atoms with Crippen LogP contribution in [0.4, 0.5) is 5.69 Å². The van der Waals surface area contributed by atoms with Crippen LogP contribution in [0.1, 0.15) is 4.88 Å². The fourth-order valence-corrected chi connectivity index (χ4v) is 2.86. The highest BCUT2D eigenvalue weighted by Gasteiger charge is 2.10. The van der Waals surface area contributed by atoms with Gasteiger partial charge in [0.15, 0.2) is 0 Å². The largest absolute Gasteiger partial charge is 0.397 e. The lowest BCUT2D eigenvalue weighted by Gasteiger charge is -2.01. The van der Waals surface area contributed by atoms with Crippen molar-refractivity contribution in [2.24, 2.45) is 0 Å². The molecule has 1 aromatic heterocycles. The van der Waals surface area contributed by atoms with E-state index in [4.69, 9.17) is 22.6 Å². The molecule has 0 saturated carbocycles. The predicted octanol–water partition coefficient (Wildman–Crippen LogP) is 4.28. The van der Waals surface area contributed by atoms with Gasteiger partial charge in [-0.2, -0.15) is 5.26 Å². The first-order chi connectivity index (χ1) is 7.61. The molecule has 0 unspecified atom stereocenters. The van der Waals surface area contributed by atoms with E-state index in [9.17, 15) is 0 Å². The number of nitrogens with two attached hydrogens (primary N) is 1. The van der Waals surface area contributed by atoms with Crippen LogP contribution in [-0.4, -0.2) is 0 Å². The maximum Gasteiger partial charge on any atom is 0.128 e. The molecule has 16 heavy (non-hydrogen) atoms.